The van der Waals surface area contributed by atoms with Gasteiger partial charge in [0.1, 0.15) is 12.9 Å². The highest BCUT2D eigenvalue weighted by molar-refractivity contribution is 5.78. The van der Waals surface area contributed by atoms with Crippen molar-refractivity contribution in [3.63, 3.8) is 0 Å². The number of hydrogen-bond donors (Lipinski definition) is 1. The minimum atomic E-state index is 0.200. The van der Waals surface area contributed by atoms with Crippen LogP contribution in [0.2, 0.25) is 0 Å². The number of morpholine rings is 1. The molecule has 17 heavy (non-hydrogen) atoms. The summed E-state index contributed by atoms with van der Waals surface area (Å²) in [6.07, 6.45) is 1.85. The van der Waals surface area contributed by atoms with Crippen LogP contribution in [0.15, 0.2) is 11.3 Å². The quantitative estimate of drug-likeness (QED) is 0.547. The molecule has 0 amide bonds. The van der Waals surface area contributed by atoms with Gasteiger partial charge in [-0.25, -0.2) is 9.98 Å². The van der Waals surface area contributed by atoms with Gasteiger partial charge in [0.25, 0.3) is 0 Å². The standard InChI is InChI=1S/C10H18N6O/c1-8-6-16(3-4-17-8)10(11)12-5-9-13-7-15(2)14-9/h7-8H,3-6H2,1-2H3,(H2,11,12). The van der Waals surface area contributed by atoms with E-state index in [4.69, 9.17) is 10.5 Å². The van der Waals surface area contributed by atoms with Crippen LogP contribution >= 0.6 is 0 Å². The minimum absolute atomic E-state index is 0.200. The highest BCUT2D eigenvalue weighted by Crippen LogP contribution is 2.04. The number of aliphatic imine (C=N–C) groups is 1. The molecule has 2 heterocycles. The summed E-state index contributed by atoms with van der Waals surface area (Å²) >= 11 is 0. The van der Waals surface area contributed by atoms with E-state index in [1.165, 1.54) is 0 Å². The molecular formula is C10H18N6O. The summed E-state index contributed by atoms with van der Waals surface area (Å²) in [4.78, 5) is 10.4. The molecule has 1 saturated heterocycles. The molecule has 7 nitrogen and oxygen atoms in total. The first-order valence-electron chi connectivity index (χ1n) is 5.66. The molecular weight excluding hydrogens is 220 g/mol. The zero-order valence-electron chi connectivity index (χ0n) is 10.2. The summed E-state index contributed by atoms with van der Waals surface area (Å²) in [7, 11) is 1.83. The van der Waals surface area contributed by atoms with Crippen molar-refractivity contribution in [2.24, 2.45) is 17.8 Å². The van der Waals surface area contributed by atoms with Gasteiger partial charge in [0, 0.05) is 20.1 Å². The summed E-state index contributed by atoms with van der Waals surface area (Å²) in [5.74, 6) is 1.21. The average Bonchev–Trinajstić information content (AvgIpc) is 2.72. The molecule has 1 fully saturated rings. The zero-order valence-corrected chi connectivity index (χ0v) is 10.2. The van der Waals surface area contributed by atoms with Crippen LogP contribution in [0.1, 0.15) is 12.7 Å². The van der Waals surface area contributed by atoms with Crippen molar-refractivity contribution in [3.05, 3.63) is 12.2 Å². The monoisotopic (exact) mass is 238 g/mol. The maximum atomic E-state index is 5.92. The Labute approximate surface area is 100 Å². The first-order chi connectivity index (χ1) is 8.15. The van der Waals surface area contributed by atoms with E-state index in [0.29, 0.717) is 24.9 Å². The van der Waals surface area contributed by atoms with E-state index in [2.05, 4.69) is 15.1 Å². The molecule has 0 saturated carbocycles. The van der Waals surface area contributed by atoms with Crippen LogP contribution in [0.25, 0.3) is 0 Å². The third kappa shape index (κ3) is 3.16. The second-order valence-corrected chi connectivity index (χ2v) is 4.14. The molecule has 1 aliphatic heterocycles. The Bertz CT molecular complexity index is 401. The van der Waals surface area contributed by atoms with Crippen LogP contribution in [-0.2, 0) is 18.3 Å². The highest BCUT2D eigenvalue weighted by Gasteiger charge is 2.17. The molecule has 2 N–H and O–H groups in total. The summed E-state index contributed by atoms with van der Waals surface area (Å²) in [6.45, 7) is 4.71. The van der Waals surface area contributed by atoms with Crippen molar-refractivity contribution in [3.8, 4) is 0 Å². The number of aromatic nitrogens is 3. The number of nitrogens with two attached hydrogens (primary N) is 1. The molecule has 0 aliphatic carbocycles. The van der Waals surface area contributed by atoms with Crippen molar-refractivity contribution in [1.29, 1.82) is 0 Å². The van der Waals surface area contributed by atoms with Crippen LogP contribution in [0, 0.1) is 0 Å². The highest BCUT2D eigenvalue weighted by atomic mass is 16.5. The Morgan fingerprint density at radius 2 is 2.53 bits per heavy atom. The molecule has 94 valence electrons. The lowest BCUT2D eigenvalue weighted by atomic mass is 10.3. The Morgan fingerprint density at radius 1 is 1.71 bits per heavy atom. The van der Waals surface area contributed by atoms with Crippen molar-refractivity contribution < 1.29 is 4.74 Å². The van der Waals surface area contributed by atoms with E-state index in [9.17, 15) is 0 Å². The summed E-state index contributed by atoms with van der Waals surface area (Å²) in [6, 6.07) is 0. The number of nitrogens with zero attached hydrogens (tertiary/aromatic N) is 5. The molecule has 1 aromatic heterocycles. The lowest BCUT2D eigenvalue weighted by Gasteiger charge is -2.31. The van der Waals surface area contributed by atoms with Crippen molar-refractivity contribution in [2.45, 2.75) is 19.6 Å². The SMILES string of the molecule is CC1CN(C(N)=NCc2ncn(C)n2)CCO1. The zero-order chi connectivity index (χ0) is 12.3. The van der Waals surface area contributed by atoms with Crippen molar-refractivity contribution >= 4 is 5.96 Å². The van der Waals surface area contributed by atoms with Crippen LogP contribution in [0.3, 0.4) is 0 Å². The van der Waals surface area contributed by atoms with Gasteiger partial charge in [-0.1, -0.05) is 0 Å². The number of ether oxygens (including phenoxy) is 1. The summed E-state index contributed by atoms with van der Waals surface area (Å²) in [5.41, 5.74) is 5.92. The third-order valence-corrected chi connectivity index (χ3v) is 2.59. The molecule has 0 bridgehead atoms. The predicted octanol–water partition coefficient (Wildman–Crippen LogP) is -0.649. The van der Waals surface area contributed by atoms with Crippen molar-refractivity contribution in [2.75, 3.05) is 19.7 Å². The largest absolute Gasteiger partial charge is 0.375 e. The van der Waals surface area contributed by atoms with Gasteiger partial charge < -0.3 is 15.4 Å². The maximum absolute atomic E-state index is 5.92. The number of rotatable bonds is 2. The fourth-order valence-electron chi connectivity index (χ4n) is 1.73. The molecule has 7 heteroatoms. The van der Waals surface area contributed by atoms with Crippen molar-refractivity contribution in [1.82, 2.24) is 19.7 Å². The second-order valence-electron chi connectivity index (χ2n) is 4.14. The summed E-state index contributed by atoms with van der Waals surface area (Å²) < 4.78 is 7.09. The Balaban J connectivity index is 1.92. The van der Waals surface area contributed by atoms with E-state index in [1.807, 2.05) is 18.9 Å². The molecule has 0 radical (unpaired) electrons. The second kappa shape index (κ2) is 5.13. The molecule has 0 spiro atoms. The third-order valence-electron chi connectivity index (χ3n) is 2.59. The molecule has 0 aromatic carbocycles. The van der Waals surface area contributed by atoms with Gasteiger partial charge in [-0.2, -0.15) is 5.10 Å². The fraction of sp³-hybridized carbons (Fsp3) is 0.700. The number of aryl methyl sites for hydroxylation is 1. The predicted molar refractivity (Wildman–Crippen MR) is 63.3 cm³/mol. The van der Waals surface area contributed by atoms with E-state index in [0.717, 1.165) is 13.1 Å². The number of guanidine groups is 1. The smallest absolute Gasteiger partial charge is 0.191 e. The van der Waals surface area contributed by atoms with Gasteiger partial charge >= 0.3 is 0 Å². The number of hydrogen-bond acceptors (Lipinski definition) is 4. The van der Waals surface area contributed by atoms with Gasteiger partial charge in [0.2, 0.25) is 0 Å². The molecule has 2 rings (SSSR count). The lowest BCUT2D eigenvalue weighted by molar-refractivity contribution is 0.00528. The Hall–Kier alpha value is -1.63. The normalized spacial score (nSPS) is 21.9. The fourth-order valence-corrected chi connectivity index (χ4v) is 1.73. The van der Waals surface area contributed by atoms with Gasteiger partial charge in [0.05, 0.1) is 12.7 Å². The topological polar surface area (TPSA) is 81.6 Å². The molecule has 1 aliphatic rings. The van der Waals surface area contributed by atoms with E-state index < -0.39 is 0 Å². The van der Waals surface area contributed by atoms with Gasteiger partial charge in [0.15, 0.2) is 11.8 Å². The van der Waals surface area contributed by atoms with E-state index in [1.54, 1.807) is 11.0 Å². The van der Waals surface area contributed by atoms with E-state index in [-0.39, 0.29) is 6.10 Å². The Kier molecular flexibility index (Phi) is 3.58. The van der Waals surface area contributed by atoms with Gasteiger partial charge in [-0.05, 0) is 6.92 Å². The maximum Gasteiger partial charge on any atom is 0.191 e. The van der Waals surface area contributed by atoms with Gasteiger partial charge in [-0.15, -0.1) is 0 Å². The summed E-state index contributed by atoms with van der Waals surface area (Å²) in [5, 5.41) is 4.14. The molecule has 1 unspecified atom stereocenters. The first kappa shape index (κ1) is 11.8. The van der Waals surface area contributed by atoms with Crippen LogP contribution < -0.4 is 5.73 Å². The van der Waals surface area contributed by atoms with Crippen LogP contribution in [-0.4, -0.2) is 51.4 Å². The first-order valence-corrected chi connectivity index (χ1v) is 5.66. The molecule has 1 atom stereocenters. The minimum Gasteiger partial charge on any atom is -0.375 e. The Morgan fingerprint density at radius 3 is 3.18 bits per heavy atom. The molecule has 1 aromatic rings. The van der Waals surface area contributed by atoms with Gasteiger partial charge in [-0.3, -0.25) is 4.68 Å². The average molecular weight is 238 g/mol. The van der Waals surface area contributed by atoms with Crippen LogP contribution in [0.5, 0.6) is 0 Å². The van der Waals surface area contributed by atoms with Crippen LogP contribution in [0.4, 0.5) is 0 Å². The van der Waals surface area contributed by atoms with E-state index >= 15 is 0 Å². The lowest BCUT2D eigenvalue weighted by Crippen LogP contribution is -2.47.